The SMILES string of the molecule is C=CCOCOC(=O)C(=C)C(=O)CCCCCCCCCCCCC. The highest BCUT2D eigenvalue weighted by molar-refractivity contribution is 6.16. The fourth-order valence-corrected chi connectivity index (χ4v) is 2.53. The number of hydrogen-bond acceptors (Lipinski definition) is 4. The Morgan fingerprint density at radius 3 is 1.92 bits per heavy atom. The minimum absolute atomic E-state index is 0.0886. The molecule has 0 atom stereocenters. The molecule has 0 saturated carbocycles. The Morgan fingerprint density at radius 2 is 1.40 bits per heavy atom. The minimum Gasteiger partial charge on any atom is -0.435 e. The van der Waals surface area contributed by atoms with Crippen molar-refractivity contribution in [1.29, 1.82) is 0 Å². The Bertz CT molecular complexity index is 387. The van der Waals surface area contributed by atoms with Crippen LogP contribution in [0, 0.1) is 0 Å². The number of ether oxygens (including phenoxy) is 2. The van der Waals surface area contributed by atoms with E-state index in [1.807, 2.05) is 0 Å². The fraction of sp³-hybridized carbons (Fsp3) is 0.714. The van der Waals surface area contributed by atoms with Gasteiger partial charge in [-0.1, -0.05) is 83.8 Å². The summed E-state index contributed by atoms with van der Waals surface area (Å²) in [6.45, 7) is 9.36. The average molecular weight is 353 g/mol. The van der Waals surface area contributed by atoms with Crippen LogP contribution in [0.15, 0.2) is 24.8 Å². The van der Waals surface area contributed by atoms with E-state index in [1.165, 1.54) is 51.4 Å². The number of hydrogen-bond donors (Lipinski definition) is 0. The van der Waals surface area contributed by atoms with Crippen LogP contribution in [0.4, 0.5) is 0 Å². The number of unbranched alkanes of at least 4 members (excludes halogenated alkanes) is 10. The fourth-order valence-electron chi connectivity index (χ4n) is 2.53. The summed E-state index contributed by atoms with van der Waals surface area (Å²) >= 11 is 0. The quantitative estimate of drug-likeness (QED) is 0.0620. The lowest BCUT2D eigenvalue weighted by atomic mass is 10.0. The van der Waals surface area contributed by atoms with E-state index in [2.05, 4.69) is 20.1 Å². The lowest BCUT2D eigenvalue weighted by Gasteiger charge is -2.06. The third-order valence-electron chi connectivity index (χ3n) is 4.10. The largest absolute Gasteiger partial charge is 0.435 e. The topological polar surface area (TPSA) is 52.6 Å². The number of carbonyl (C=O) groups is 2. The third kappa shape index (κ3) is 14.6. The summed E-state index contributed by atoms with van der Waals surface area (Å²) in [5.41, 5.74) is -0.0886. The second kappa shape index (κ2) is 17.4. The molecule has 0 bridgehead atoms. The number of esters is 1. The molecule has 0 rings (SSSR count). The number of Topliss-reactive ketones (excluding diaryl/α,β-unsaturated/α-hetero) is 1. The zero-order chi connectivity index (χ0) is 18.8. The van der Waals surface area contributed by atoms with Gasteiger partial charge in [0.1, 0.15) is 0 Å². The van der Waals surface area contributed by atoms with Gasteiger partial charge < -0.3 is 9.47 Å². The van der Waals surface area contributed by atoms with Gasteiger partial charge in [-0.25, -0.2) is 4.79 Å². The van der Waals surface area contributed by atoms with Crippen molar-refractivity contribution in [2.24, 2.45) is 0 Å². The molecule has 0 fully saturated rings. The Morgan fingerprint density at radius 1 is 0.880 bits per heavy atom. The molecule has 0 spiro atoms. The zero-order valence-corrected chi connectivity index (χ0v) is 16.0. The van der Waals surface area contributed by atoms with Gasteiger partial charge in [-0.3, -0.25) is 4.79 Å². The standard InChI is InChI=1S/C21H36O4/c1-4-6-7-8-9-10-11-12-13-14-15-16-20(22)19(3)21(23)25-18-24-17-5-2/h5H,2-4,6-18H2,1H3. The van der Waals surface area contributed by atoms with Crippen LogP contribution in [-0.2, 0) is 19.1 Å². The van der Waals surface area contributed by atoms with Crippen LogP contribution in [-0.4, -0.2) is 25.2 Å². The monoisotopic (exact) mass is 352 g/mol. The predicted molar refractivity (Wildman–Crippen MR) is 102 cm³/mol. The smallest absolute Gasteiger partial charge is 0.343 e. The summed E-state index contributed by atoms with van der Waals surface area (Å²) < 4.78 is 9.75. The molecule has 0 aliphatic rings. The first-order valence-electron chi connectivity index (χ1n) is 9.71. The van der Waals surface area contributed by atoms with Crippen molar-refractivity contribution in [3.8, 4) is 0 Å². The number of rotatable bonds is 18. The van der Waals surface area contributed by atoms with E-state index in [4.69, 9.17) is 9.47 Å². The van der Waals surface area contributed by atoms with Crippen LogP contribution >= 0.6 is 0 Å². The summed E-state index contributed by atoms with van der Waals surface area (Å²) in [7, 11) is 0. The Hall–Kier alpha value is -1.42. The molecule has 0 aromatic heterocycles. The second-order valence-corrected chi connectivity index (χ2v) is 6.40. The molecule has 0 heterocycles. The Labute approximate surface area is 153 Å². The molecule has 0 unspecified atom stereocenters. The Balaban J connectivity index is 3.51. The molecule has 0 aliphatic heterocycles. The van der Waals surface area contributed by atoms with Crippen LogP contribution in [0.2, 0.25) is 0 Å². The molecule has 0 aromatic carbocycles. The van der Waals surface area contributed by atoms with Gasteiger partial charge in [-0.15, -0.1) is 6.58 Å². The van der Waals surface area contributed by atoms with Crippen molar-refractivity contribution < 1.29 is 19.1 Å². The summed E-state index contributed by atoms with van der Waals surface area (Å²) in [6, 6.07) is 0. The summed E-state index contributed by atoms with van der Waals surface area (Å²) in [6.07, 6.45) is 15.4. The Kier molecular flexibility index (Phi) is 16.4. The lowest BCUT2D eigenvalue weighted by Crippen LogP contribution is -2.16. The molecule has 4 heteroatoms. The van der Waals surface area contributed by atoms with E-state index in [1.54, 1.807) is 6.08 Å². The van der Waals surface area contributed by atoms with E-state index in [9.17, 15) is 9.59 Å². The van der Waals surface area contributed by atoms with Gasteiger partial charge in [0.15, 0.2) is 12.6 Å². The van der Waals surface area contributed by atoms with Crippen molar-refractivity contribution in [1.82, 2.24) is 0 Å². The zero-order valence-electron chi connectivity index (χ0n) is 16.0. The van der Waals surface area contributed by atoms with Crippen LogP contribution in [0.5, 0.6) is 0 Å². The summed E-state index contributed by atoms with van der Waals surface area (Å²) in [5.74, 6) is -0.929. The summed E-state index contributed by atoms with van der Waals surface area (Å²) in [5, 5.41) is 0. The van der Waals surface area contributed by atoms with Crippen molar-refractivity contribution >= 4 is 11.8 Å². The molecule has 25 heavy (non-hydrogen) atoms. The maximum absolute atomic E-state index is 11.9. The second-order valence-electron chi connectivity index (χ2n) is 6.40. The van der Waals surface area contributed by atoms with Crippen LogP contribution in [0.25, 0.3) is 0 Å². The van der Waals surface area contributed by atoms with E-state index in [0.29, 0.717) is 13.0 Å². The van der Waals surface area contributed by atoms with Crippen molar-refractivity contribution in [3.63, 3.8) is 0 Å². The van der Waals surface area contributed by atoms with E-state index < -0.39 is 5.97 Å². The third-order valence-corrected chi connectivity index (χ3v) is 4.10. The normalized spacial score (nSPS) is 10.4. The van der Waals surface area contributed by atoms with Crippen molar-refractivity contribution in [2.45, 2.75) is 84.0 Å². The van der Waals surface area contributed by atoms with Gasteiger partial charge in [0.2, 0.25) is 0 Å². The number of carbonyl (C=O) groups excluding carboxylic acids is 2. The molecule has 0 aromatic rings. The first kappa shape index (κ1) is 23.6. The molecule has 0 N–H and O–H groups in total. The molecule has 144 valence electrons. The minimum atomic E-state index is -0.697. The van der Waals surface area contributed by atoms with Gasteiger partial charge in [0, 0.05) is 6.42 Å². The van der Waals surface area contributed by atoms with Crippen LogP contribution in [0.1, 0.15) is 84.0 Å². The molecule has 0 aliphatic carbocycles. The molecular weight excluding hydrogens is 316 g/mol. The van der Waals surface area contributed by atoms with Gasteiger partial charge in [0.25, 0.3) is 0 Å². The van der Waals surface area contributed by atoms with E-state index in [0.717, 1.165) is 19.3 Å². The van der Waals surface area contributed by atoms with Gasteiger partial charge in [0.05, 0.1) is 12.2 Å². The van der Waals surface area contributed by atoms with Crippen molar-refractivity contribution in [3.05, 3.63) is 24.8 Å². The molecule has 0 amide bonds. The highest BCUT2D eigenvalue weighted by Crippen LogP contribution is 2.13. The van der Waals surface area contributed by atoms with Gasteiger partial charge in [-0.2, -0.15) is 0 Å². The molecule has 0 radical (unpaired) electrons. The highest BCUT2D eigenvalue weighted by Gasteiger charge is 2.16. The van der Waals surface area contributed by atoms with Gasteiger partial charge >= 0.3 is 5.97 Å². The molecular formula is C21H36O4. The van der Waals surface area contributed by atoms with Gasteiger partial charge in [-0.05, 0) is 6.42 Å². The van der Waals surface area contributed by atoms with Crippen LogP contribution in [0.3, 0.4) is 0 Å². The summed E-state index contributed by atoms with van der Waals surface area (Å²) in [4.78, 5) is 23.5. The number of ketones is 1. The average Bonchev–Trinajstić information content (AvgIpc) is 2.62. The maximum atomic E-state index is 11.9. The highest BCUT2D eigenvalue weighted by atomic mass is 16.7. The van der Waals surface area contributed by atoms with E-state index >= 15 is 0 Å². The maximum Gasteiger partial charge on any atom is 0.343 e. The predicted octanol–water partition coefficient (Wildman–Crippen LogP) is 5.52. The molecule has 4 nitrogen and oxygen atoms in total. The first-order chi connectivity index (χ1) is 12.1. The van der Waals surface area contributed by atoms with E-state index in [-0.39, 0.29) is 18.1 Å². The first-order valence-corrected chi connectivity index (χ1v) is 9.71. The molecule has 0 saturated heterocycles. The van der Waals surface area contributed by atoms with Crippen molar-refractivity contribution in [2.75, 3.05) is 13.4 Å². The lowest BCUT2D eigenvalue weighted by molar-refractivity contribution is -0.151. The van der Waals surface area contributed by atoms with Crippen LogP contribution < -0.4 is 0 Å².